The summed E-state index contributed by atoms with van der Waals surface area (Å²) in [5.74, 6) is 0.0984. The number of amides is 2. The van der Waals surface area contributed by atoms with Crippen molar-refractivity contribution in [2.24, 2.45) is 10.9 Å². The van der Waals surface area contributed by atoms with E-state index in [1.807, 2.05) is 18.2 Å². The molecule has 2 amide bonds. The van der Waals surface area contributed by atoms with Crippen molar-refractivity contribution in [3.63, 3.8) is 0 Å². The van der Waals surface area contributed by atoms with Gasteiger partial charge in [-0.3, -0.25) is 9.69 Å². The molecule has 0 bridgehead atoms. The summed E-state index contributed by atoms with van der Waals surface area (Å²) in [6.45, 7) is 9.02. The van der Waals surface area contributed by atoms with Crippen LogP contribution in [0.4, 0.5) is 10.5 Å². The van der Waals surface area contributed by atoms with E-state index in [1.54, 1.807) is 58.3 Å². The summed E-state index contributed by atoms with van der Waals surface area (Å²) < 4.78 is 33.5. The van der Waals surface area contributed by atoms with Crippen LogP contribution in [0.3, 0.4) is 0 Å². The maximum absolute atomic E-state index is 13.3. The van der Waals surface area contributed by atoms with Crippen molar-refractivity contribution >= 4 is 33.7 Å². The molecule has 2 aliphatic heterocycles. The number of carbonyl (C=O) groups is 2. The Bertz CT molecular complexity index is 1520. The van der Waals surface area contributed by atoms with Gasteiger partial charge in [0.15, 0.2) is 5.96 Å². The topological polar surface area (TPSA) is 136 Å². The minimum atomic E-state index is -3.74. The molecule has 1 aromatic rings. The van der Waals surface area contributed by atoms with Crippen LogP contribution in [-0.4, -0.2) is 97.4 Å². The van der Waals surface area contributed by atoms with Crippen LogP contribution < -0.4 is 16.0 Å². The van der Waals surface area contributed by atoms with Gasteiger partial charge in [-0.25, -0.2) is 18.2 Å². The normalized spacial score (nSPS) is 26.1. The van der Waals surface area contributed by atoms with Crippen molar-refractivity contribution < 1.29 is 22.7 Å². The molecule has 0 spiro atoms. The Kier molecular flexibility index (Phi) is 9.95. The van der Waals surface area contributed by atoms with Gasteiger partial charge in [0, 0.05) is 51.5 Å². The molecule has 3 fully saturated rings. The third-order valence-corrected chi connectivity index (χ3v) is 10.9. The van der Waals surface area contributed by atoms with Crippen LogP contribution in [0.2, 0.25) is 0 Å². The second-order valence-corrected chi connectivity index (χ2v) is 15.3. The van der Waals surface area contributed by atoms with Crippen LogP contribution in [-0.2, 0) is 19.6 Å². The second kappa shape index (κ2) is 13.6. The van der Waals surface area contributed by atoms with Crippen molar-refractivity contribution in [3.8, 4) is 0 Å². The molecule has 5 rings (SSSR count). The minimum absolute atomic E-state index is 0.0490. The molecule has 4 aliphatic rings. The number of benzene rings is 1. The Morgan fingerprint density at radius 1 is 1.09 bits per heavy atom. The number of hydrogen-bond acceptors (Lipinski definition) is 7. The lowest BCUT2D eigenvalue weighted by atomic mass is 9.79. The molecule has 46 heavy (non-hydrogen) atoms. The quantitative estimate of drug-likeness (QED) is 0.324. The molecular weight excluding hydrogens is 606 g/mol. The molecule has 2 saturated heterocycles. The van der Waals surface area contributed by atoms with Gasteiger partial charge in [-0.1, -0.05) is 37.1 Å². The van der Waals surface area contributed by atoms with Crippen molar-refractivity contribution in [2.45, 2.75) is 75.5 Å². The molecule has 13 heteroatoms. The summed E-state index contributed by atoms with van der Waals surface area (Å²) in [5.41, 5.74) is 0.341. The van der Waals surface area contributed by atoms with Crippen LogP contribution in [0, 0.1) is 5.92 Å². The standard InChI is InChI=1S/C33H47N7O5S/c1-32(2,3)45-31(42)38-18-20-39(21-19-38)46(43,44)27-15-13-24(14-16-27)37-30(34-5)35-22-25-23-40(26-10-6-7-11-26)33(4)17-9-8-12-28(33)29(41)36-25/h8-9,12-17,22,26,28H,6-7,10-11,18-21,23H2,1-5H3,(H,36,41)(H2,34,35,37)/b25-22-. The van der Waals surface area contributed by atoms with E-state index in [0.29, 0.717) is 24.2 Å². The highest BCUT2D eigenvalue weighted by molar-refractivity contribution is 7.89. The number of rotatable bonds is 5. The number of ether oxygens (including phenoxy) is 1. The van der Waals surface area contributed by atoms with E-state index in [1.165, 1.54) is 22.0 Å². The summed E-state index contributed by atoms with van der Waals surface area (Å²) in [6, 6.07) is 6.87. The van der Waals surface area contributed by atoms with E-state index in [9.17, 15) is 18.0 Å². The smallest absolute Gasteiger partial charge is 0.410 e. The molecule has 3 N–H and O–H groups in total. The molecule has 2 aliphatic carbocycles. The maximum Gasteiger partial charge on any atom is 0.410 e. The number of hydrogen-bond donors (Lipinski definition) is 3. The van der Waals surface area contributed by atoms with E-state index in [0.717, 1.165) is 18.5 Å². The van der Waals surface area contributed by atoms with Gasteiger partial charge < -0.3 is 25.6 Å². The van der Waals surface area contributed by atoms with Gasteiger partial charge in [-0.05, 0) is 64.8 Å². The Morgan fingerprint density at radius 2 is 1.76 bits per heavy atom. The lowest BCUT2D eigenvalue weighted by Gasteiger charge is -2.45. The number of carbonyl (C=O) groups excluding carboxylic acids is 2. The Morgan fingerprint density at radius 3 is 2.39 bits per heavy atom. The van der Waals surface area contributed by atoms with Gasteiger partial charge in [-0.2, -0.15) is 4.31 Å². The van der Waals surface area contributed by atoms with Gasteiger partial charge in [0.05, 0.1) is 28.2 Å². The lowest BCUT2D eigenvalue weighted by Crippen LogP contribution is -2.55. The zero-order chi connectivity index (χ0) is 33.1. The van der Waals surface area contributed by atoms with E-state index in [2.05, 4.69) is 38.8 Å². The molecule has 0 aromatic heterocycles. The molecule has 250 valence electrons. The van der Waals surface area contributed by atoms with Gasteiger partial charge in [0.1, 0.15) is 5.60 Å². The average molecular weight is 654 g/mol. The Hall–Kier alpha value is -3.68. The van der Waals surface area contributed by atoms with E-state index < -0.39 is 27.3 Å². The molecule has 0 radical (unpaired) electrons. The summed E-state index contributed by atoms with van der Waals surface area (Å²) in [6.07, 6.45) is 14.0. The SMILES string of the molecule is CN/C(=N/C=C1/CN(C2CCCC2)C2(C)C=CC=CC2C(=O)N1)Nc1ccc(S(=O)(=O)N2CCN(C(=O)OC(C)(C)C)CC2)cc1. The number of anilines is 1. The van der Waals surface area contributed by atoms with Crippen LogP contribution in [0.25, 0.3) is 0 Å². The Balaban J connectivity index is 1.25. The first-order valence-electron chi connectivity index (χ1n) is 16.0. The van der Waals surface area contributed by atoms with E-state index >= 15 is 0 Å². The lowest BCUT2D eigenvalue weighted by molar-refractivity contribution is -0.125. The number of sulfonamides is 1. The first-order valence-corrected chi connectivity index (χ1v) is 17.5. The molecule has 2 atom stereocenters. The molecular formula is C33H47N7O5S. The van der Waals surface area contributed by atoms with Gasteiger partial charge in [-0.15, -0.1) is 0 Å². The van der Waals surface area contributed by atoms with Crippen LogP contribution in [0.15, 0.2) is 70.4 Å². The van der Waals surface area contributed by atoms with E-state index in [4.69, 9.17) is 4.74 Å². The zero-order valence-corrected chi connectivity index (χ0v) is 28.3. The molecule has 1 saturated carbocycles. The first-order chi connectivity index (χ1) is 21.8. The monoisotopic (exact) mass is 653 g/mol. The summed E-state index contributed by atoms with van der Waals surface area (Å²) in [4.78, 5) is 34.5. The average Bonchev–Trinajstić information content (AvgIpc) is 3.52. The fraction of sp³-hybridized carbons (Fsp3) is 0.545. The van der Waals surface area contributed by atoms with Crippen molar-refractivity contribution in [3.05, 3.63) is 60.5 Å². The van der Waals surface area contributed by atoms with Crippen LogP contribution in [0.1, 0.15) is 53.4 Å². The number of aliphatic imine (C=N–C) groups is 1. The third-order valence-electron chi connectivity index (χ3n) is 9.00. The number of guanidine groups is 1. The largest absolute Gasteiger partial charge is 0.444 e. The number of piperazine rings is 1. The number of nitrogens with zero attached hydrogens (tertiary/aromatic N) is 4. The highest BCUT2D eigenvalue weighted by atomic mass is 32.2. The van der Waals surface area contributed by atoms with Crippen molar-refractivity contribution in [1.82, 2.24) is 24.7 Å². The van der Waals surface area contributed by atoms with Crippen LogP contribution >= 0.6 is 0 Å². The highest BCUT2D eigenvalue weighted by Gasteiger charge is 2.47. The summed E-state index contributed by atoms with van der Waals surface area (Å²) in [5, 5.41) is 9.34. The number of fused-ring (bicyclic) bond motifs is 1. The van der Waals surface area contributed by atoms with E-state index in [-0.39, 0.29) is 42.9 Å². The van der Waals surface area contributed by atoms with Crippen molar-refractivity contribution in [1.29, 1.82) is 0 Å². The highest BCUT2D eigenvalue weighted by Crippen LogP contribution is 2.39. The van der Waals surface area contributed by atoms with Gasteiger partial charge in [0.2, 0.25) is 15.9 Å². The van der Waals surface area contributed by atoms with Crippen molar-refractivity contribution in [2.75, 3.05) is 45.1 Å². The second-order valence-electron chi connectivity index (χ2n) is 13.4. The fourth-order valence-electron chi connectivity index (χ4n) is 6.53. The molecule has 12 nitrogen and oxygen atoms in total. The number of allylic oxidation sites excluding steroid dienone is 2. The zero-order valence-electron chi connectivity index (χ0n) is 27.5. The number of nitrogens with one attached hydrogen (secondary N) is 3. The Labute approximate surface area is 272 Å². The first kappa shape index (κ1) is 33.7. The maximum atomic E-state index is 13.3. The summed E-state index contributed by atoms with van der Waals surface area (Å²) >= 11 is 0. The molecule has 2 heterocycles. The summed E-state index contributed by atoms with van der Waals surface area (Å²) in [7, 11) is -2.00. The van der Waals surface area contributed by atoms with Gasteiger partial charge in [0.25, 0.3) is 0 Å². The predicted molar refractivity (Wildman–Crippen MR) is 178 cm³/mol. The van der Waals surface area contributed by atoms with Crippen LogP contribution in [0.5, 0.6) is 0 Å². The van der Waals surface area contributed by atoms with Gasteiger partial charge >= 0.3 is 6.09 Å². The molecule has 2 unspecified atom stereocenters. The molecule has 1 aromatic carbocycles. The fourth-order valence-corrected chi connectivity index (χ4v) is 7.95. The predicted octanol–water partition coefficient (Wildman–Crippen LogP) is 3.63. The minimum Gasteiger partial charge on any atom is -0.444 e. The third kappa shape index (κ3) is 7.48.